The van der Waals surface area contributed by atoms with Crippen LogP contribution in [0.5, 0.6) is 5.75 Å². The molecule has 0 spiro atoms. The summed E-state index contributed by atoms with van der Waals surface area (Å²) in [5.74, 6) is -1.26. The van der Waals surface area contributed by atoms with Gasteiger partial charge in [-0.25, -0.2) is 4.98 Å². The van der Waals surface area contributed by atoms with Crippen LogP contribution in [0.3, 0.4) is 0 Å². The zero-order valence-corrected chi connectivity index (χ0v) is 16.9. The van der Waals surface area contributed by atoms with E-state index in [0.29, 0.717) is 6.42 Å². The second-order valence-electron chi connectivity index (χ2n) is 7.64. The molecule has 6 nitrogen and oxygen atoms in total. The van der Waals surface area contributed by atoms with Gasteiger partial charge in [0.1, 0.15) is 17.5 Å². The number of alkyl halides is 3. The molecule has 1 aliphatic heterocycles. The molecule has 29 heavy (non-hydrogen) atoms. The minimum atomic E-state index is -4.82. The molecule has 0 aliphatic carbocycles. The van der Waals surface area contributed by atoms with Gasteiger partial charge >= 0.3 is 6.36 Å². The zero-order valence-electron chi connectivity index (χ0n) is 16.0. The maximum Gasteiger partial charge on any atom is 0.573 e. The van der Waals surface area contributed by atoms with Crippen LogP contribution in [0.4, 0.5) is 18.9 Å². The fraction of sp³-hybridized carbons (Fsp3) is 0.421. The van der Waals surface area contributed by atoms with E-state index in [0.717, 1.165) is 17.1 Å². The van der Waals surface area contributed by atoms with Crippen LogP contribution in [0.1, 0.15) is 42.7 Å². The first-order valence-corrected chi connectivity index (χ1v) is 9.76. The summed E-state index contributed by atoms with van der Waals surface area (Å²) in [5, 5.41) is 5.12. The molecule has 1 fully saturated rings. The predicted molar refractivity (Wildman–Crippen MR) is 102 cm³/mol. The fourth-order valence-electron chi connectivity index (χ4n) is 2.87. The molecule has 0 radical (unpaired) electrons. The molecule has 1 aliphatic rings. The number of hydrogen-bond donors (Lipinski definition) is 1. The topological polar surface area (TPSA) is 71.5 Å². The number of carbonyl (C=O) groups excluding carboxylic acids is 2. The minimum absolute atomic E-state index is 0.188. The number of amides is 2. The van der Waals surface area contributed by atoms with Crippen molar-refractivity contribution in [3.63, 3.8) is 0 Å². The molecule has 0 saturated carbocycles. The standard InChI is InChI=1S/C19H20F3N3O3S/c1-18(2,3)17-24-14(10-29-17)15(26)23-13-7-8-25(16(13)27)11-5-4-6-12(9-11)28-19(20,21)22/h4-6,9-10,13H,7-8H2,1-3H3,(H,23,26). The number of halogens is 3. The van der Waals surface area contributed by atoms with Gasteiger partial charge in [0.2, 0.25) is 5.91 Å². The Hall–Kier alpha value is -2.62. The summed E-state index contributed by atoms with van der Waals surface area (Å²) < 4.78 is 41.1. The van der Waals surface area contributed by atoms with Gasteiger partial charge in [0.25, 0.3) is 5.91 Å². The molecule has 2 heterocycles. The van der Waals surface area contributed by atoms with Crippen molar-refractivity contribution in [1.29, 1.82) is 0 Å². The van der Waals surface area contributed by atoms with Gasteiger partial charge < -0.3 is 15.0 Å². The largest absolute Gasteiger partial charge is 0.573 e. The minimum Gasteiger partial charge on any atom is -0.406 e. The quantitative estimate of drug-likeness (QED) is 0.804. The van der Waals surface area contributed by atoms with Crippen molar-refractivity contribution in [2.24, 2.45) is 0 Å². The molecule has 2 aromatic rings. The van der Waals surface area contributed by atoms with E-state index in [1.807, 2.05) is 20.8 Å². The normalized spacial score (nSPS) is 17.5. The van der Waals surface area contributed by atoms with Crippen LogP contribution in [0, 0.1) is 0 Å². The van der Waals surface area contributed by atoms with E-state index < -0.39 is 30.0 Å². The molecule has 1 aromatic heterocycles. The first-order chi connectivity index (χ1) is 13.4. The lowest BCUT2D eigenvalue weighted by Gasteiger charge is -2.18. The van der Waals surface area contributed by atoms with Crippen molar-refractivity contribution in [3.8, 4) is 5.75 Å². The maximum absolute atomic E-state index is 12.7. The highest BCUT2D eigenvalue weighted by Gasteiger charge is 2.35. The molecular formula is C19H20F3N3O3S. The summed E-state index contributed by atoms with van der Waals surface area (Å²) in [7, 11) is 0. The van der Waals surface area contributed by atoms with Crippen LogP contribution in [-0.4, -0.2) is 35.7 Å². The fourth-order valence-corrected chi connectivity index (χ4v) is 3.76. The predicted octanol–water partition coefficient (Wildman–Crippen LogP) is 3.87. The number of anilines is 1. The Morgan fingerprint density at radius 2 is 2.03 bits per heavy atom. The molecule has 1 atom stereocenters. The highest BCUT2D eigenvalue weighted by molar-refractivity contribution is 7.10. The van der Waals surface area contributed by atoms with Crippen LogP contribution in [0.15, 0.2) is 29.6 Å². The first kappa shape index (κ1) is 21.1. The Balaban J connectivity index is 1.68. The van der Waals surface area contributed by atoms with E-state index in [4.69, 9.17) is 0 Å². The van der Waals surface area contributed by atoms with Gasteiger partial charge in [0, 0.05) is 29.1 Å². The summed E-state index contributed by atoms with van der Waals surface area (Å²) in [4.78, 5) is 30.8. The Morgan fingerprint density at radius 3 is 2.66 bits per heavy atom. The van der Waals surface area contributed by atoms with Crippen LogP contribution in [0.25, 0.3) is 0 Å². The monoisotopic (exact) mass is 427 g/mol. The molecular weight excluding hydrogens is 407 g/mol. The van der Waals surface area contributed by atoms with E-state index in [1.54, 1.807) is 5.38 Å². The number of hydrogen-bond acceptors (Lipinski definition) is 5. The van der Waals surface area contributed by atoms with Gasteiger partial charge in [-0.05, 0) is 18.6 Å². The third-order valence-corrected chi connectivity index (χ3v) is 5.52. The Morgan fingerprint density at radius 1 is 1.31 bits per heavy atom. The van der Waals surface area contributed by atoms with Crippen molar-refractivity contribution >= 4 is 28.8 Å². The average Bonchev–Trinajstić information content (AvgIpc) is 3.21. The zero-order chi connectivity index (χ0) is 21.4. The first-order valence-electron chi connectivity index (χ1n) is 8.88. The van der Waals surface area contributed by atoms with E-state index in [-0.39, 0.29) is 23.3 Å². The molecule has 0 bridgehead atoms. The molecule has 3 rings (SSSR count). The van der Waals surface area contributed by atoms with E-state index >= 15 is 0 Å². The SMILES string of the molecule is CC(C)(C)c1nc(C(=O)NC2CCN(c3cccc(OC(F)(F)F)c3)C2=O)cs1. The van der Waals surface area contributed by atoms with E-state index in [2.05, 4.69) is 15.0 Å². The third-order valence-electron chi connectivity index (χ3n) is 4.25. The van der Waals surface area contributed by atoms with Crippen molar-refractivity contribution in [3.05, 3.63) is 40.3 Å². The number of ether oxygens (including phenoxy) is 1. The average molecular weight is 427 g/mol. The van der Waals surface area contributed by atoms with Gasteiger partial charge in [0.15, 0.2) is 0 Å². The molecule has 1 aromatic carbocycles. The highest BCUT2D eigenvalue weighted by Crippen LogP contribution is 2.29. The maximum atomic E-state index is 12.7. The number of carbonyl (C=O) groups is 2. The van der Waals surface area contributed by atoms with Crippen molar-refractivity contribution < 1.29 is 27.5 Å². The molecule has 10 heteroatoms. The number of nitrogens with one attached hydrogen (secondary N) is 1. The van der Waals surface area contributed by atoms with Crippen LogP contribution < -0.4 is 15.0 Å². The second-order valence-corrected chi connectivity index (χ2v) is 8.50. The molecule has 2 amide bonds. The van der Waals surface area contributed by atoms with Crippen molar-refractivity contribution in [2.75, 3.05) is 11.4 Å². The lowest BCUT2D eigenvalue weighted by molar-refractivity contribution is -0.274. The summed E-state index contributed by atoms with van der Waals surface area (Å²) in [6, 6.07) is 4.42. The lowest BCUT2D eigenvalue weighted by atomic mass is 9.98. The summed E-state index contributed by atoms with van der Waals surface area (Å²) in [6.45, 7) is 6.23. The molecule has 156 valence electrons. The van der Waals surface area contributed by atoms with Gasteiger partial charge in [-0.1, -0.05) is 26.8 Å². The van der Waals surface area contributed by atoms with Gasteiger partial charge in [0.05, 0.1) is 5.01 Å². The van der Waals surface area contributed by atoms with Gasteiger partial charge in [-0.15, -0.1) is 24.5 Å². The number of aromatic nitrogens is 1. The number of rotatable bonds is 4. The summed E-state index contributed by atoms with van der Waals surface area (Å²) in [5.41, 5.74) is 0.330. The van der Waals surface area contributed by atoms with E-state index in [1.165, 1.54) is 28.4 Å². The Labute approximate surface area is 169 Å². The van der Waals surface area contributed by atoms with Crippen LogP contribution in [0.2, 0.25) is 0 Å². The van der Waals surface area contributed by atoms with Crippen molar-refractivity contribution in [1.82, 2.24) is 10.3 Å². The summed E-state index contributed by atoms with van der Waals surface area (Å²) >= 11 is 1.37. The summed E-state index contributed by atoms with van der Waals surface area (Å²) in [6.07, 6.45) is -4.48. The van der Waals surface area contributed by atoms with Crippen LogP contribution in [-0.2, 0) is 10.2 Å². The number of benzene rings is 1. The molecule has 1 unspecified atom stereocenters. The van der Waals surface area contributed by atoms with Gasteiger partial charge in [-0.3, -0.25) is 9.59 Å². The molecule has 1 N–H and O–H groups in total. The Bertz CT molecular complexity index is 921. The number of thiazole rings is 1. The second kappa shape index (κ2) is 7.66. The number of nitrogens with zero attached hydrogens (tertiary/aromatic N) is 2. The lowest BCUT2D eigenvalue weighted by Crippen LogP contribution is -2.41. The van der Waals surface area contributed by atoms with Crippen LogP contribution >= 0.6 is 11.3 Å². The third kappa shape index (κ3) is 5.06. The smallest absolute Gasteiger partial charge is 0.406 e. The highest BCUT2D eigenvalue weighted by atomic mass is 32.1. The van der Waals surface area contributed by atoms with Gasteiger partial charge in [-0.2, -0.15) is 0 Å². The Kier molecular flexibility index (Phi) is 5.57. The molecule has 1 saturated heterocycles. The van der Waals surface area contributed by atoms with Crippen molar-refractivity contribution in [2.45, 2.75) is 45.0 Å². The van der Waals surface area contributed by atoms with E-state index in [9.17, 15) is 22.8 Å².